The van der Waals surface area contributed by atoms with Crippen LogP contribution >= 0.6 is 0 Å². The van der Waals surface area contributed by atoms with Gasteiger partial charge in [0.05, 0.1) is 5.92 Å². The maximum absolute atomic E-state index is 12.2. The number of amides is 1. The third-order valence-corrected chi connectivity index (χ3v) is 3.61. The predicted molar refractivity (Wildman–Crippen MR) is 60.6 cm³/mol. The highest BCUT2D eigenvalue weighted by molar-refractivity contribution is 5.79. The van der Waals surface area contributed by atoms with Crippen LogP contribution in [0.25, 0.3) is 0 Å². The summed E-state index contributed by atoms with van der Waals surface area (Å²) in [6.07, 6.45) is 4.70. The lowest BCUT2D eigenvalue weighted by molar-refractivity contribution is -0.137. The second kappa shape index (κ2) is 4.97. The third-order valence-electron chi connectivity index (χ3n) is 3.61. The molecule has 2 rings (SSSR count). The van der Waals surface area contributed by atoms with Gasteiger partial charge in [-0.25, -0.2) is 0 Å². The first-order valence-corrected chi connectivity index (χ1v) is 6.27. The van der Waals surface area contributed by atoms with Crippen molar-refractivity contribution in [1.29, 1.82) is 0 Å². The van der Waals surface area contributed by atoms with E-state index in [9.17, 15) is 4.79 Å². The first kappa shape index (κ1) is 10.9. The van der Waals surface area contributed by atoms with E-state index >= 15 is 0 Å². The van der Waals surface area contributed by atoms with Gasteiger partial charge in [0.25, 0.3) is 0 Å². The Balaban J connectivity index is 1.88. The molecule has 0 aliphatic carbocycles. The lowest BCUT2D eigenvalue weighted by atomic mass is 9.94. The maximum Gasteiger partial charge on any atom is 0.226 e. The summed E-state index contributed by atoms with van der Waals surface area (Å²) in [5, 5.41) is 3.32. The van der Waals surface area contributed by atoms with Gasteiger partial charge in [-0.2, -0.15) is 0 Å². The molecule has 0 spiro atoms. The quantitative estimate of drug-likeness (QED) is 0.706. The molecule has 2 aliphatic rings. The molecule has 0 aromatic rings. The fourth-order valence-electron chi connectivity index (χ4n) is 2.71. The van der Waals surface area contributed by atoms with E-state index in [2.05, 4.69) is 17.1 Å². The molecule has 2 atom stereocenters. The van der Waals surface area contributed by atoms with E-state index in [0.717, 1.165) is 39.0 Å². The van der Waals surface area contributed by atoms with Crippen LogP contribution in [-0.4, -0.2) is 37.0 Å². The molecule has 3 nitrogen and oxygen atoms in total. The van der Waals surface area contributed by atoms with Gasteiger partial charge in [0.1, 0.15) is 0 Å². The van der Waals surface area contributed by atoms with Crippen molar-refractivity contribution in [3.8, 4) is 0 Å². The normalized spacial score (nSPS) is 32.7. The number of nitrogens with one attached hydrogen (secondary N) is 1. The molecule has 86 valence electrons. The minimum Gasteiger partial charge on any atom is -0.342 e. The van der Waals surface area contributed by atoms with Crippen molar-refractivity contribution >= 4 is 5.91 Å². The Bertz CT molecular complexity index is 224. The van der Waals surface area contributed by atoms with Crippen molar-refractivity contribution in [2.75, 3.05) is 26.2 Å². The highest BCUT2D eigenvalue weighted by atomic mass is 16.2. The number of piperidine rings is 2. The first-order valence-electron chi connectivity index (χ1n) is 6.27. The number of rotatable bonds is 1. The second-order valence-corrected chi connectivity index (χ2v) is 5.07. The molecular formula is C12H22N2O. The average Bonchev–Trinajstić information content (AvgIpc) is 2.29. The average molecular weight is 210 g/mol. The predicted octanol–water partition coefficient (Wildman–Crippen LogP) is 1.24. The molecule has 2 fully saturated rings. The van der Waals surface area contributed by atoms with Crippen LogP contribution in [0.5, 0.6) is 0 Å². The van der Waals surface area contributed by atoms with Crippen LogP contribution in [0.15, 0.2) is 0 Å². The molecule has 2 aliphatic heterocycles. The lowest BCUT2D eigenvalue weighted by Crippen LogP contribution is -2.46. The molecular weight excluding hydrogens is 188 g/mol. The molecule has 15 heavy (non-hydrogen) atoms. The Kier molecular flexibility index (Phi) is 3.62. The van der Waals surface area contributed by atoms with Crippen LogP contribution in [0.2, 0.25) is 0 Å². The van der Waals surface area contributed by atoms with Crippen molar-refractivity contribution in [2.45, 2.75) is 32.6 Å². The fraction of sp³-hybridized carbons (Fsp3) is 0.917. The van der Waals surface area contributed by atoms with Gasteiger partial charge < -0.3 is 10.2 Å². The number of nitrogens with zero attached hydrogens (tertiary/aromatic N) is 1. The highest BCUT2D eigenvalue weighted by Gasteiger charge is 2.28. The Morgan fingerprint density at radius 2 is 2.20 bits per heavy atom. The number of carbonyl (C=O) groups excluding carboxylic acids is 1. The van der Waals surface area contributed by atoms with E-state index in [1.807, 2.05) is 0 Å². The summed E-state index contributed by atoms with van der Waals surface area (Å²) in [7, 11) is 0. The topological polar surface area (TPSA) is 32.3 Å². The van der Waals surface area contributed by atoms with Gasteiger partial charge in [0.2, 0.25) is 5.91 Å². The van der Waals surface area contributed by atoms with Crippen molar-refractivity contribution in [1.82, 2.24) is 10.2 Å². The summed E-state index contributed by atoms with van der Waals surface area (Å²) in [6, 6.07) is 0. The summed E-state index contributed by atoms with van der Waals surface area (Å²) >= 11 is 0. The summed E-state index contributed by atoms with van der Waals surface area (Å²) < 4.78 is 0. The molecule has 2 heterocycles. The van der Waals surface area contributed by atoms with Crippen molar-refractivity contribution in [3.63, 3.8) is 0 Å². The zero-order valence-corrected chi connectivity index (χ0v) is 9.67. The van der Waals surface area contributed by atoms with Crippen LogP contribution in [-0.2, 0) is 4.79 Å². The van der Waals surface area contributed by atoms with Crippen LogP contribution in [0.4, 0.5) is 0 Å². The van der Waals surface area contributed by atoms with Gasteiger partial charge in [-0.1, -0.05) is 6.92 Å². The molecule has 0 unspecified atom stereocenters. The van der Waals surface area contributed by atoms with Crippen molar-refractivity contribution in [3.05, 3.63) is 0 Å². The molecule has 0 saturated carbocycles. The zero-order valence-electron chi connectivity index (χ0n) is 9.67. The Labute approximate surface area is 92.2 Å². The fourth-order valence-corrected chi connectivity index (χ4v) is 2.71. The standard InChI is InChI=1S/C12H22N2O/c1-10-4-3-7-14(9-10)12(15)11-5-2-6-13-8-11/h10-11,13H,2-9H2,1H3/t10-,11+/m1/s1. The lowest BCUT2D eigenvalue weighted by Gasteiger charge is -2.34. The smallest absolute Gasteiger partial charge is 0.226 e. The maximum atomic E-state index is 12.2. The summed E-state index contributed by atoms with van der Waals surface area (Å²) in [4.78, 5) is 14.3. The van der Waals surface area contributed by atoms with Gasteiger partial charge in [0.15, 0.2) is 0 Å². The van der Waals surface area contributed by atoms with Crippen LogP contribution < -0.4 is 5.32 Å². The van der Waals surface area contributed by atoms with E-state index in [1.54, 1.807) is 0 Å². The number of likely N-dealkylation sites (tertiary alicyclic amines) is 1. The van der Waals surface area contributed by atoms with Gasteiger partial charge in [-0.3, -0.25) is 4.79 Å². The Hall–Kier alpha value is -0.570. The first-order chi connectivity index (χ1) is 7.27. The number of carbonyl (C=O) groups is 1. The molecule has 1 N–H and O–H groups in total. The summed E-state index contributed by atoms with van der Waals surface area (Å²) in [5.41, 5.74) is 0. The van der Waals surface area contributed by atoms with Gasteiger partial charge >= 0.3 is 0 Å². The SMILES string of the molecule is C[C@@H]1CCCN(C(=O)[C@H]2CCCNC2)C1. The molecule has 1 amide bonds. The molecule has 0 aromatic carbocycles. The van der Waals surface area contributed by atoms with E-state index in [4.69, 9.17) is 0 Å². The largest absolute Gasteiger partial charge is 0.342 e. The summed E-state index contributed by atoms with van der Waals surface area (Å²) in [6.45, 7) is 6.19. The van der Waals surface area contributed by atoms with E-state index < -0.39 is 0 Å². The van der Waals surface area contributed by atoms with Crippen LogP contribution in [0.1, 0.15) is 32.6 Å². The number of hydrogen-bond acceptors (Lipinski definition) is 2. The molecule has 3 heteroatoms. The van der Waals surface area contributed by atoms with Gasteiger partial charge in [-0.05, 0) is 38.1 Å². The second-order valence-electron chi connectivity index (χ2n) is 5.07. The molecule has 0 radical (unpaired) electrons. The minimum absolute atomic E-state index is 0.254. The Morgan fingerprint density at radius 1 is 1.33 bits per heavy atom. The van der Waals surface area contributed by atoms with Crippen molar-refractivity contribution in [2.24, 2.45) is 11.8 Å². The van der Waals surface area contributed by atoms with Crippen molar-refractivity contribution < 1.29 is 4.79 Å². The van der Waals surface area contributed by atoms with Crippen LogP contribution in [0.3, 0.4) is 0 Å². The third kappa shape index (κ3) is 2.71. The molecule has 0 bridgehead atoms. The highest BCUT2D eigenvalue weighted by Crippen LogP contribution is 2.20. The van der Waals surface area contributed by atoms with Gasteiger partial charge in [-0.15, -0.1) is 0 Å². The minimum atomic E-state index is 0.254. The van der Waals surface area contributed by atoms with E-state index in [1.165, 1.54) is 12.8 Å². The molecule has 0 aromatic heterocycles. The summed E-state index contributed by atoms with van der Waals surface area (Å²) in [5.74, 6) is 1.34. The zero-order chi connectivity index (χ0) is 10.7. The van der Waals surface area contributed by atoms with E-state index in [-0.39, 0.29) is 5.92 Å². The Morgan fingerprint density at radius 3 is 2.87 bits per heavy atom. The van der Waals surface area contributed by atoms with E-state index in [0.29, 0.717) is 11.8 Å². The van der Waals surface area contributed by atoms with Crippen LogP contribution in [0, 0.1) is 11.8 Å². The van der Waals surface area contributed by atoms with Gasteiger partial charge in [0, 0.05) is 19.6 Å². The monoisotopic (exact) mass is 210 g/mol. The molecule has 2 saturated heterocycles. The number of hydrogen-bond donors (Lipinski definition) is 1.